The molecule has 0 aromatic carbocycles. The molecule has 1 aliphatic heterocycles. The van der Waals surface area contributed by atoms with Crippen LogP contribution in [0.4, 0.5) is 0 Å². The predicted molar refractivity (Wildman–Crippen MR) is 47.6 cm³/mol. The topological polar surface area (TPSA) is 40.2 Å². The van der Waals surface area contributed by atoms with Crippen LogP contribution >= 0.6 is 0 Å². The summed E-state index contributed by atoms with van der Waals surface area (Å²) in [5, 5.41) is 0. The van der Waals surface area contributed by atoms with Crippen molar-refractivity contribution in [2.75, 3.05) is 27.4 Å². The van der Waals surface area contributed by atoms with Crippen molar-refractivity contribution in [3.05, 3.63) is 0 Å². The van der Waals surface area contributed by atoms with Crippen molar-refractivity contribution in [1.82, 2.24) is 0 Å². The summed E-state index contributed by atoms with van der Waals surface area (Å²) in [6.45, 7) is 3.51. The molecule has 1 saturated heterocycles. The van der Waals surface area contributed by atoms with E-state index in [-0.39, 0.29) is 12.4 Å². The quantitative estimate of drug-likeness (QED) is 0.440. The van der Waals surface area contributed by atoms with E-state index in [0.29, 0.717) is 12.7 Å². The molecule has 0 radical (unpaired) electrons. The van der Waals surface area contributed by atoms with Crippen LogP contribution in [0, 0.1) is 0 Å². The number of epoxide rings is 1. The first-order chi connectivity index (χ1) is 6.31. The molecule has 0 bridgehead atoms. The fraction of sp³-hybridized carbons (Fsp3) is 1.00. The molecule has 0 spiro atoms. The molecule has 1 aliphatic rings. The van der Waals surface area contributed by atoms with Crippen molar-refractivity contribution < 1.29 is 18.9 Å². The monoisotopic (exact) mass is 190 g/mol. The van der Waals surface area contributed by atoms with E-state index >= 15 is 0 Å². The molecule has 0 aromatic rings. The summed E-state index contributed by atoms with van der Waals surface area (Å²) in [5.74, 6) is 0. The fourth-order valence-electron chi connectivity index (χ4n) is 1.18. The summed E-state index contributed by atoms with van der Waals surface area (Å²) >= 11 is 0. The number of ether oxygens (including phenoxy) is 4. The molecule has 4 heteroatoms. The van der Waals surface area contributed by atoms with E-state index < -0.39 is 0 Å². The molecule has 4 nitrogen and oxygen atoms in total. The average Bonchev–Trinajstić information content (AvgIpc) is 2.96. The molecule has 1 rings (SSSR count). The second-order valence-electron chi connectivity index (χ2n) is 3.08. The van der Waals surface area contributed by atoms with Gasteiger partial charge in [-0.2, -0.15) is 0 Å². The zero-order chi connectivity index (χ0) is 9.68. The van der Waals surface area contributed by atoms with E-state index in [9.17, 15) is 0 Å². The highest BCUT2D eigenvalue weighted by molar-refractivity contribution is 4.70. The molecule has 78 valence electrons. The summed E-state index contributed by atoms with van der Waals surface area (Å²) in [6, 6.07) is 0. The smallest absolute Gasteiger partial charge is 0.182 e. The van der Waals surface area contributed by atoms with Crippen LogP contribution < -0.4 is 0 Å². The van der Waals surface area contributed by atoms with Crippen LogP contribution in [0.25, 0.3) is 0 Å². The van der Waals surface area contributed by atoms with Gasteiger partial charge < -0.3 is 18.9 Å². The largest absolute Gasteiger partial charge is 0.371 e. The van der Waals surface area contributed by atoms with Crippen LogP contribution in [-0.4, -0.2) is 45.9 Å². The Labute approximate surface area is 79.1 Å². The van der Waals surface area contributed by atoms with E-state index in [0.717, 1.165) is 13.0 Å². The minimum atomic E-state index is -0.274. The van der Waals surface area contributed by atoms with Gasteiger partial charge in [0.2, 0.25) is 0 Å². The summed E-state index contributed by atoms with van der Waals surface area (Å²) in [6.07, 6.45) is 0.894. The lowest BCUT2D eigenvalue weighted by Crippen LogP contribution is -2.32. The SMILES string of the molecule is CCC(OCC1CO1)C(OC)OC. The first-order valence-corrected chi connectivity index (χ1v) is 4.60. The Hall–Kier alpha value is -0.160. The Morgan fingerprint density at radius 2 is 2.00 bits per heavy atom. The van der Waals surface area contributed by atoms with Crippen LogP contribution in [0.2, 0.25) is 0 Å². The van der Waals surface area contributed by atoms with Crippen LogP contribution in [0.5, 0.6) is 0 Å². The molecule has 2 unspecified atom stereocenters. The number of hydrogen-bond acceptors (Lipinski definition) is 4. The van der Waals surface area contributed by atoms with Gasteiger partial charge in [0.15, 0.2) is 6.29 Å². The van der Waals surface area contributed by atoms with Crippen molar-refractivity contribution in [2.24, 2.45) is 0 Å². The standard InChI is InChI=1S/C9H18O4/c1-4-8(9(10-2)11-3)13-6-7-5-12-7/h7-9H,4-6H2,1-3H3. The molecular formula is C9H18O4. The van der Waals surface area contributed by atoms with Gasteiger partial charge in [0, 0.05) is 14.2 Å². The zero-order valence-corrected chi connectivity index (χ0v) is 8.49. The lowest BCUT2D eigenvalue weighted by atomic mass is 10.2. The highest BCUT2D eigenvalue weighted by Gasteiger charge is 2.26. The molecule has 2 atom stereocenters. The van der Waals surface area contributed by atoms with Gasteiger partial charge in [0.05, 0.1) is 13.2 Å². The van der Waals surface area contributed by atoms with Gasteiger partial charge in [0.1, 0.15) is 12.2 Å². The van der Waals surface area contributed by atoms with Crippen LogP contribution in [0.1, 0.15) is 13.3 Å². The molecule has 0 aliphatic carbocycles. The third kappa shape index (κ3) is 3.60. The second-order valence-corrected chi connectivity index (χ2v) is 3.08. The number of methoxy groups -OCH3 is 2. The van der Waals surface area contributed by atoms with E-state index in [4.69, 9.17) is 18.9 Å². The number of rotatable bonds is 7. The van der Waals surface area contributed by atoms with E-state index in [2.05, 4.69) is 0 Å². The van der Waals surface area contributed by atoms with Crippen molar-refractivity contribution in [3.8, 4) is 0 Å². The Kier molecular flexibility index (Phi) is 4.66. The molecule has 0 amide bonds. The molecule has 13 heavy (non-hydrogen) atoms. The summed E-state index contributed by atoms with van der Waals surface area (Å²) in [4.78, 5) is 0. The lowest BCUT2D eigenvalue weighted by Gasteiger charge is -2.23. The minimum Gasteiger partial charge on any atom is -0.371 e. The molecule has 1 heterocycles. The van der Waals surface area contributed by atoms with Gasteiger partial charge in [-0.3, -0.25) is 0 Å². The van der Waals surface area contributed by atoms with Crippen LogP contribution in [-0.2, 0) is 18.9 Å². The van der Waals surface area contributed by atoms with Gasteiger partial charge in [-0.1, -0.05) is 6.92 Å². The Morgan fingerprint density at radius 3 is 2.38 bits per heavy atom. The van der Waals surface area contributed by atoms with Gasteiger partial charge in [-0.25, -0.2) is 0 Å². The van der Waals surface area contributed by atoms with Gasteiger partial charge in [-0.05, 0) is 6.42 Å². The highest BCUT2D eigenvalue weighted by atomic mass is 16.7. The maximum Gasteiger partial charge on any atom is 0.182 e. The molecule has 1 fully saturated rings. The van der Waals surface area contributed by atoms with E-state index in [1.807, 2.05) is 6.92 Å². The van der Waals surface area contributed by atoms with E-state index in [1.165, 1.54) is 0 Å². The van der Waals surface area contributed by atoms with Crippen molar-refractivity contribution in [1.29, 1.82) is 0 Å². The zero-order valence-electron chi connectivity index (χ0n) is 8.49. The van der Waals surface area contributed by atoms with Gasteiger partial charge in [0.25, 0.3) is 0 Å². The van der Waals surface area contributed by atoms with E-state index in [1.54, 1.807) is 14.2 Å². The first-order valence-electron chi connectivity index (χ1n) is 4.60. The molecule has 0 aromatic heterocycles. The summed E-state index contributed by atoms with van der Waals surface area (Å²) < 4.78 is 20.9. The Morgan fingerprint density at radius 1 is 1.38 bits per heavy atom. The van der Waals surface area contributed by atoms with Crippen LogP contribution in [0.3, 0.4) is 0 Å². The predicted octanol–water partition coefficient (Wildman–Crippen LogP) is 0.799. The third-order valence-electron chi connectivity index (χ3n) is 2.07. The second kappa shape index (κ2) is 5.54. The lowest BCUT2D eigenvalue weighted by molar-refractivity contribution is -0.182. The highest BCUT2D eigenvalue weighted by Crippen LogP contribution is 2.14. The Balaban J connectivity index is 2.21. The molecular weight excluding hydrogens is 172 g/mol. The first kappa shape index (κ1) is 10.9. The minimum absolute atomic E-state index is 0.000741. The van der Waals surface area contributed by atoms with Gasteiger partial charge in [-0.15, -0.1) is 0 Å². The summed E-state index contributed by atoms with van der Waals surface area (Å²) in [7, 11) is 3.24. The Bertz CT molecular complexity index is 132. The third-order valence-corrected chi connectivity index (χ3v) is 2.07. The maximum absolute atomic E-state index is 5.58. The van der Waals surface area contributed by atoms with Crippen molar-refractivity contribution in [3.63, 3.8) is 0 Å². The van der Waals surface area contributed by atoms with Crippen molar-refractivity contribution >= 4 is 0 Å². The summed E-state index contributed by atoms with van der Waals surface area (Å²) in [5.41, 5.74) is 0. The van der Waals surface area contributed by atoms with Gasteiger partial charge >= 0.3 is 0 Å². The normalized spacial score (nSPS) is 23.5. The van der Waals surface area contributed by atoms with Crippen molar-refractivity contribution in [2.45, 2.75) is 31.8 Å². The average molecular weight is 190 g/mol. The van der Waals surface area contributed by atoms with Crippen LogP contribution in [0.15, 0.2) is 0 Å². The molecule has 0 saturated carbocycles. The number of hydrogen-bond donors (Lipinski definition) is 0. The fourth-order valence-corrected chi connectivity index (χ4v) is 1.18. The maximum atomic E-state index is 5.58. The molecule has 0 N–H and O–H groups in total.